The molecule has 140 valence electrons. The molecule has 0 amide bonds. The highest BCUT2D eigenvalue weighted by Crippen LogP contribution is 2.41. The fourth-order valence-electron chi connectivity index (χ4n) is 2.55. The lowest BCUT2D eigenvalue weighted by Crippen LogP contribution is -2.29. The second-order valence-electron chi connectivity index (χ2n) is 6.40. The van der Waals surface area contributed by atoms with E-state index in [4.69, 9.17) is 19.3 Å². The monoisotopic (exact) mass is 368 g/mol. The molecule has 0 aromatic heterocycles. The number of fused-ring (bicyclic) bond motifs is 1. The van der Waals surface area contributed by atoms with Crippen LogP contribution in [-0.4, -0.2) is 22.0 Å². The van der Waals surface area contributed by atoms with Crippen molar-refractivity contribution in [1.82, 2.24) is 0 Å². The van der Waals surface area contributed by atoms with Gasteiger partial charge in [0.05, 0.1) is 6.61 Å². The molecule has 6 heteroatoms. The molecule has 0 radical (unpaired) electrons. The van der Waals surface area contributed by atoms with E-state index in [1.807, 2.05) is 0 Å². The van der Waals surface area contributed by atoms with E-state index in [0.717, 1.165) is 5.56 Å². The molecule has 27 heavy (non-hydrogen) atoms. The van der Waals surface area contributed by atoms with Gasteiger partial charge in [-0.15, -0.1) is 0 Å². The Morgan fingerprint density at radius 2 is 1.89 bits per heavy atom. The van der Waals surface area contributed by atoms with Gasteiger partial charge >= 0.3 is 5.97 Å². The smallest absolute Gasteiger partial charge is 0.336 e. The highest BCUT2D eigenvalue weighted by atomic mass is 16.7. The van der Waals surface area contributed by atoms with Gasteiger partial charge in [0, 0.05) is 31.6 Å². The number of phenols is 1. The first-order valence-corrected chi connectivity index (χ1v) is 8.38. The van der Waals surface area contributed by atoms with Crippen LogP contribution < -0.4 is 14.2 Å². The van der Waals surface area contributed by atoms with Gasteiger partial charge in [-0.05, 0) is 29.8 Å². The first kappa shape index (κ1) is 18.5. The Balaban J connectivity index is 1.58. The molecule has 3 rings (SSSR count). The average Bonchev–Trinajstić information content (AvgIpc) is 2.93. The van der Waals surface area contributed by atoms with Gasteiger partial charge in [-0.2, -0.15) is 0 Å². The van der Waals surface area contributed by atoms with Crippen molar-refractivity contribution in [2.24, 2.45) is 0 Å². The quantitative estimate of drug-likeness (QED) is 0.363. The maximum Gasteiger partial charge on any atom is 0.336 e. The van der Waals surface area contributed by atoms with Crippen LogP contribution in [0, 0.1) is 0 Å². The fourth-order valence-corrected chi connectivity index (χ4v) is 2.55. The molecule has 2 aromatic rings. The summed E-state index contributed by atoms with van der Waals surface area (Å²) in [5.74, 6) is 0.274. The maximum atomic E-state index is 11.9. The Labute approximate surface area is 156 Å². The highest BCUT2D eigenvalue weighted by Gasteiger charge is 2.31. The summed E-state index contributed by atoms with van der Waals surface area (Å²) >= 11 is 0. The average molecular weight is 368 g/mol. The van der Waals surface area contributed by atoms with Gasteiger partial charge in [-0.25, -0.2) is 4.79 Å². The zero-order chi connectivity index (χ0) is 19.4. The summed E-state index contributed by atoms with van der Waals surface area (Å²) in [5, 5.41) is 18.7. The molecule has 0 bridgehead atoms. The summed E-state index contributed by atoms with van der Waals surface area (Å²) in [6.45, 7) is 3.35. The molecule has 1 heterocycles. The number of aliphatic hydroxyl groups excluding tert-OH is 1. The number of esters is 1. The van der Waals surface area contributed by atoms with Gasteiger partial charge in [0.15, 0.2) is 11.5 Å². The van der Waals surface area contributed by atoms with Gasteiger partial charge in [-0.1, -0.05) is 24.3 Å². The lowest BCUT2D eigenvalue weighted by atomic mass is 10.1. The van der Waals surface area contributed by atoms with Crippen LogP contribution in [0.25, 0.3) is 6.08 Å². The molecule has 2 N–H and O–H groups in total. The number of aliphatic hydroxyl groups is 1. The summed E-state index contributed by atoms with van der Waals surface area (Å²) in [6, 6.07) is 9.80. The van der Waals surface area contributed by atoms with E-state index in [1.165, 1.54) is 12.1 Å². The molecule has 0 spiro atoms. The largest absolute Gasteiger partial charge is 0.508 e. The first-order valence-electron chi connectivity index (χ1n) is 8.38. The zero-order valence-corrected chi connectivity index (χ0v) is 15.0. The van der Waals surface area contributed by atoms with E-state index in [1.54, 1.807) is 62.4 Å². The highest BCUT2D eigenvalue weighted by molar-refractivity contribution is 5.84. The molecule has 0 saturated carbocycles. The standard InChI is InChI=1S/C21H20O6/c1-21(2)26-18-10-8-16(12-19(18)27-21)25-20(24)6-4-3-5-14-7-9-17(23)15(11-14)13-22/h3-12,22-23H,13H2,1-2H3. The maximum absolute atomic E-state index is 11.9. The van der Waals surface area contributed by atoms with Crippen LogP contribution in [0.4, 0.5) is 0 Å². The van der Waals surface area contributed by atoms with Gasteiger partial charge in [0.25, 0.3) is 0 Å². The number of benzene rings is 2. The first-order chi connectivity index (χ1) is 12.9. The number of carbonyl (C=O) groups excluding carboxylic acids is 1. The summed E-state index contributed by atoms with van der Waals surface area (Å²) in [5.41, 5.74) is 1.22. The van der Waals surface area contributed by atoms with E-state index in [9.17, 15) is 9.90 Å². The Hall–Kier alpha value is -3.25. The van der Waals surface area contributed by atoms with Crippen LogP contribution in [0.15, 0.2) is 54.6 Å². The third kappa shape index (κ3) is 4.68. The van der Waals surface area contributed by atoms with E-state index >= 15 is 0 Å². The summed E-state index contributed by atoms with van der Waals surface area (Å²) in [6.07, 6.45) is 6.24. The minimum Gasteiger partial charge on any atom is -0.508 e. The summed E-state index contributed by atoms with van der Waals surface area (Å²) in [4.78, 5) is 11.9. The van der Waals surface area contributed by atoms with E-state index in [0.29, 0.717) is 22.8 Å². The Kier molecular flexibility index (Phi) is 5.19. The van der Waals surface area contributed by atoms with Crippen molar-refractivity contribution >= 4 is 12.0 Å². The van der Waals surface area contributed by atoms with Crippen LogP contribution >= 0.6 is 0 Å². The summed E-state index contributed by atoms with van der Waals surface area (Å²) in [7, 11) is 0. The predicted octanol–water partition coefficient (Wildman–Crippen LogP) is 3.57. The normalized spacial score (nSPS) is 14.8. The van der Waals surface area contributed by atoms with Crippen molar-refractivity contribution in [2.45, 2.75) is 26.2 Å². The van der Waals surface area contributed by atoms with Crippen molar-refractivity contribution in [1.29, 1.82) is 0 Å². The molecule has 0 unspecified atom stereocenters. The minimum absolute atomic E-state index is 0.0425. The van der Waals surface area contributed by atoms with Crippen molar-refractivity contribution in [3.8, 4) is 23.0 Å². The van der Waals surface area contributed by atoms with Crippen LogP contribution in [0.1, 0.15) is 25.0 Å². The van der Waals surface area contributed by atoms with Crippen LogP contribution in [0.2, 0.25) is 0 Å². The van der Waals surface area contributed by atoms with Gasteiger partial charge < -0.3 is 24.4 Å². The Morgan fingerprint density at radius 3 is 2.67 bits per heavy atom. The molecule has 1 aliphatic rings. The van der Waals surface area contributed by atoms with Gasteiger partial charge in [0.1, 0.15) is 11.5 Å². The number of aromatic hydroxyl groups is 1. The van der Waals surface area contributed by atoms with Gasteiger partial charge in [-0.3, -0.25) is 0 Å². The third-order valence-corrected chi connectivity index (χ3v) is 3.75. The van der Waals surface area contributed by atoms with Crippen LogP contribution in [0.3, 0.4) is 0 Å². The van der Waals surface area contributed by atoms with Gasteiger partial charge in [0.2, 0.25) is 5.79 Å². The van der Waals surface area contributed by atoms with E-state index in [-0.39, 0.29) is 12.4 Å². The SMILES string of the molecule is CC1(C)Oc2ccc(OC(=O)C=CC=Cc3ccc(O)c(CO)c3)cc2O1. The number of hydrogen-bond donors (Lipinski definition) is 2. The molecule has 6 nitrogen and oxygen atoms in total. The molecule has 0 atom stereocenters. The van der Waals surface area contributed by atoms with Crippen LogP contribution in [0.5, 0.6) is 23.0 Å². The molecule has 0 aliphatic carbocycles. The van der Waals surface area contributed by atoms with Crippen LogP contribution in [-0.2, 0) is 11.4 Å². The third-order valence-electron chi connectivity index (χ3n) is 3.75. The number of hydrogen-bond acceptors (Lipinski definition) is 6. The number of rotatable bonds is 5. The summed E-state index contributed by atoms with van der Waals surface area (Å²) < 4.78 is 16.4. The van der Waals surface area contributed by atoms with E-state index in [2.05, 4.69) is 0 Å². The Morgan fingerprint density at radius 1 is 1.11 bits per heavy atom. The lowest BCUT2D eigenvalue weighted by Gasteiger charge is -2.16. The zero-order valence-electron chi connectivity index (χ0n) is 15.0. The number of ether oxygens (including phenoxy) is 3. The second-order valence-corrected chi connectivity index (χ2v) is 6.40. The van der Waals surface area contributed by atoms with Crippen molar-refractivity contribution < 1.29 is 29.2 Å². The molecule has 0 saturated heterocycles. The van der Waals surface area contributed by atoms with Crippen molar-refractivity contribution in [3.63, 3.8) is 0 Å². The molecule has 1 aliphatic heterocycles. The predicted molar refractivity (Wildman–Crippen MR) is 99.6 cm³/mol. The molecule has 0 fully saturated rings. The topological polar surface area (TPSA) is 85.2 Å². The fraction of sp³-hybridized carbons (Fsp3) is 0.190. The van der Waals surface area contributed by atoms with Crippen molar-refractivity contribution in [2.75, 3.05) is 0 Å². The van der Waals surface area contributed by atoms with E-state index < -0.39 is 11.8 Å². The van der Waals surface area contributed by atoms with Crippen molar-refractivity contribution in [3.05, 3.63) is 65.8 Å². The second kappa shape index (κ2) is 7.55. The molecule has 2 aromatic carbocycles. The number of carbonyl (C=O) groups is 1. The Bertz CT molecular complexity index is 911. The molecular formula is C21H20O6. The number of allylic oxidation sites excluding steroid dienone is 2. The molecular weight excluding hydrogens is 348 g/mol. The minimum atomic E-state index is -0.736. The lowest BCUT2D eigenvalue weighted by molar-refractivity contribution is -0.128.